The number of rotatable bonds is 4. The van der Waals surface area contributed by atoms with Gasteiger partial charge in [0.05, 0.1) is 0 Å². The highest BCUT2D eigenvalue weighted by atomic mass is 16.5. The van der Waals surface area contributed by atoms with Crippen molar-refractivity contribution in [3.8, 4) is 5.75 Å². The largest absolute Gasteiger partial charge is 0.481 e. The van der Waals surface area contributed by atoms with Crippen LogP contribution in [0.1, 0.15) is 43.7 Å². The van der Waals surface area contributed by atoms with E-state index in [1.807, 2.05) is 26.0 Å². The lowest BCUT2D eigenvalue weighted by atomic mass is 9.95. The molecule has 2 bridgehead atoms. The van der Waals surface area contributed by atoms with E-state index in [9.17, 15) is 4.79 Å². The number of hydrogen-bond donors (Lipinski definition) is 1. The highest BCUT2D eigenvalue weighted by Gasteiger charge is 2.40. The summed E-state index contributed by atoms with van der Waals surface area (Å²) in [7, 11) is 0. The van der Waals surface area contributed by atoms with E-state index in [-0.39, 0.29) is 5.91 Å². The monoisotopic (exact) mass is 287 g/mol. The summed E-state index contributed by atoms with van der Waals surface area (Å²) >= 11 is 0. The van der Waals surface area contributed by atoms with E-state index < -0.39 is 6.10 Å². The molecule has 21 heavy (non-hydrogen) atoms. The van der Waals surface area contributed by atoms with Gasteiger partial charge < -0.3 is 10.1 Å². The second kappa shape index (κ2) is 5.70. The molecule has 0 heterocycles. The van der Waals surface area contributed by atoms with Crippen LogP contribution < -0.4 is 10.1 Å². The number of aryl methyl sites for hydroxylation is 1. The molecule has 4 atom stereocenters. The van der Waals surface area contributed by atoms with E-state index in [2.05, 4.69) is 18.3 Å². The van der Waals surface area contributed by atoms with E-state index in [1.165, 1.54) is 24.8 Å². The Morgan fingerprint density at radius 2 is 2.10 bits per heavy atom. The molecule has 1 aromatic carbocycles. The summed E-state index contributed by atoms with van der Waals surface area (Å²) in [5.41, 5.74) is 2.30. The first kappa shape index (κ1) is 14.4. The molecule has 0 saturated heterocycles. The summed E-state index contributed by atoms with van der Waals surface area (Å²) in [5.74, 6) is 2.38. The number of hydrogen-bond acceptors (Lipinski definition) is 2. The lowest BCUT2D eigenvalue weighted by molar-refractivity contribution is -0.128. The molecule has 1 N–H and O–H groups in total. The highest BCUT2D eigenvalue weighted by molar-refractivity contribution is 5.81. The predicted molar refractivity (Wildman–Crippen MR) is 83.4 cm³/mol. The molecule has 2 aliphatic rings. The minimum atomic E-state index is -0.440. The van der Waals surface area contributed by atoms with Gasteiger partial charge in [0, 0.05) is 6.04 Å². The maximum absolute atomic E-state index is 12.3. The first-order valence-electron chi connectivity index (χ1n) is 8.08. The molecule has 3 heteroatoms. The van der Waals surface area contributed by atoms with Gasteiger partial charge in [-0.1, -0.05) is 18.6 Å². The third-order valence-corrected chi connectivity index (χ3v) is 5.29. The van der Waals surface area contributed by atoms with Gasteiger partial charge in [0.2, 0.25) is 0 Å². The van der Waals surface area contributed by atoms with Crippen molar-refractivity contribution in [1.29, 1.82) is 0 Å². The number of nitrogens with one attached hydrogen (secondary N) is 1. The van der Waals surface area contributed by atoms with Crippen LogP contribution >= 0.6 is 0 Å². The first-order chi connectivity index (χ1) is 10.0. The lowest BCUT2D eigenvalue weighted by Gasteiger charge is -2.25. The fourth-order valence-electron chi connectivity index (χ4n) is 3.82. The SMILES string of the molecule is Cc1cccc(O[C@H](C)C(=O)N[C@@H]2C[C@H]3CC[C@H]2C3)c1C. The summed E-state index contributed by atoms with van der Waals surface area (Å²) < 4.78 is 5.87. The van der Waals surface area contributed by atoms with E-state index in [0.717, 1.165) is 23.7 Å². The van der Waals surface area contributed by atoms with E-state index in [4.69, 9.17) is 4.74 Å². The molecule has 2 fully saturated rings. The van der Waals surface area contributed by atoms with Crippen LogP contribution in [0, 0.1) is 25.7 Å². The van der Waals surface area contributed by atoms with Crippen molar-refractivity contribution in [1.82, 2.24) is 5.32 Å². The van der Waals surface area contributed by atoms with Crippen LogP contribution in [0.2, 0.25) is 0 Å². The average Bonchev–Trinajstić information content (AvgIpc) is 3.06. The van der Waals surface area contributed by atoms with Crippen molar-refractivity contribution in [2.75, 3.05) is 0 Å². The summed E-state index contributed by atoms with van der Waals surface area (Å²) in [6.07, 6.45) is 4.65. The maximum Gasteiger partial charge on any atom is 0.261 e. The van der Waals surface area contributed by atoms with E-state index in [0.29, 0.717) is 12.0 Å². The third-order valence-electron chi connectivity index (χ3n) is 5.29. The zero-order valence-corrected chi connectivity index (χ0v) is 13.2. The van der Waals surface area contributed by atoms with Gasteiger partial charge in [0.15, 0.2) is 6.10 Å². The average molecular weight is 287 g/mol. The normalized spacial score (nSPS) is 28.4. The molecule has 0 aromatic heterocycles. The Labute approximate surface area is 127 Å². The summed E-state index contributed by atoms with van der Waals surface area (Å²) in [4.78, 5) is 12.3. The number of ether oxygens (including phenoxy) is 1. The second-order valence-corrected chi connectivity index (χ2v) is 6.75. The minimum Gasteiger partial charge on any atom is -0.481 e. The summed E-state index contributed by atoms with van der Waals surface area (Å²) in [5, 5.41) is 3.20. The maximum atomic E-state index is 12.3. The Morgan fingerprint density at radius 1 is 1.29 bits per heavy atom. The van der Waals surface area contributed by atoms with Crippen molar-refractivity contribution >= 4 is 5.91 Å². The Morgan fingerprint density at radius 3 is 2.76 bits per heavy atom. The van der Waals surface area contributed by atoms with Gasteiger partial charge in [-0.15, -0.1) is 0 Å². The Kier molecular flexibility index (Phi) is 3.92. The summed E-state index contributed by atoms with van der Waals surface area (Å²) in [6.45, 7) is 5.93. The molecular formula is C18H25NO2. The fourth-order valence-corrected chi connectivity index (χ4v) is 3.82. The van der Waals surface area contributed by atoms with Gasteiger partial charge in [-0.2, -0.15) is 0 Å². The number of benzene rings is 1. The van der Waals surface area contributed by atoms with E-state index >= 15 is 0 Å². The Balaban J connectivity index is 1.58. The van der Waals surface area contributed by atoms with Crippen LogP contribution in [0.3, 0.4) is 0 Å². The summed E-state index contributed by atoms with van der Waals surface area (Å²) in [6, 6.07) is 6.34. The molecule has 0 unspecified atom stereocenters. The predicted octanol–water partition coefficient (Wildman–Crippen LogP) is 3.38. The minimum absolute atomic E-state index is 0.0217. The van der Waals surface area contributed by atoms with Gasteiger partial charge in [-0.25, -0.2) is 0 Å². The van der Waals surface area contributed by atoms with Crippen LogP contribution in [0.5, 0.6) is 5.75 Å². The quantitative estimate of drug-likeness (QED) is 0.922. The van der Waals surface area contributed by atoms with Crippen molar-refractivity contribution in [3.63, 3.8) is 0 Å². The molecule has 1 amide bonds. The molecule has 3 rings (SSSR count). The molecule has 1 aromatic rings. The Bertz CT molecular complexity index is 540. The lowest BCUT2D eigenvalue weighted by Crippen LogP contribution is -2.44. The van der Waals surface area contributed by atoms with E-state index in [1.54, 1.807) is 0 Å². The van der Waals surface area contributed by atoms with Crippen LogP contribution in [-0.2, 0) is 4.79 Å². The van der Waals surface area contributed by atoms with Crippen molar-refractivity contribution in [2.45, 2.75) is 58.6 Å². The van der Waals surface area contributed by atoms with Crippen LogP contribution in [0.15, 0.2) is 18.2 Å². The zero-order valence-electron chi connectivity index (χ0n) is 13.2. The molecule has 0 aliphatic heterocycles. The van der Waals surface area contributed by atoms with Gasteiger partial charge >= 0.3 is 0 Å². The molecule has 114 valence electrons. The number of fused-ring (bicyclic) bond motifs is 2. The smallest absolute Gasteiger partial charge is 0.261 e. The number of amides is 1. The van der Waals surface area contributed by atoms with Crippen LogP contribution in [-0.4, -0.2) is 18.1 Å². The molecule has 2 saturated carbocycles. The van der Waals surface area contributed by atoms with Crippen LogP contribution in [0.25, 0.3) is 0 Å². The third kappa shape index (κ3) is 2.92. The van der Waals surface area contributed by atoms with Gasteiger partial charge in [0.1, 0.15) is 5.75 Å². The fraction of sp³-hybridized carbons (Fsp3) is 0.611. The van der Waals surface area contributed by atoms with Gasteiger partial charge in [0.25, 0.3) is 5.91 Å². The Hall–Kier alpha value is -1.51. The van der Waals surface area contributed by atoms with Gasteiger partial charge in [-0.05, 0) is 69.1 Å². The second-order valence-electron chi connectivity index (χ2n) is 6.75. The topological polar surface area (TPSA) is 38.3 Å². The molecular weight excluding hydrogens is 262 g/mol. The van der Waals surface area contributed by atoms with Crippen LogP contribution in [0.4, 0.5) is 0 Å². The number of carbonyl (C=O) groups excluding carboxylic acids is 1. The van der Waals surface area contributed by atoms with Crippen molar-refractivity contribution in [3.05, 3.63) is 29.3 Å². The van der Waals surface area contributed by atoms with Crippen molar-refractivity contribution in [2.24, 2.45) is 11.8 Å². The molecule has 0 spiro atoms. The zero-order chi connectivity index (χ0) is 15.0. The molecule has 3 nitrogen and oxygen atoms in total. The highest BCUT2D eigenvalue weighted by Crippen LogP contribution is 2.44. The first-order valence-corrected chi connectivity index (χ1v) is 8.08. The van der Waals surface area contributed by atoms with Crippen molar-refractivity contribution < 1.29 is 9.53 Å². The standard InChI is InChI=1S/C18H25NO2/c1-11-5-4-6-17(12(11)2)21-13(3)18(20)19-16-10-14-7-8-15(16)9-14/h4-6,13-16H,7-10H2,1-3H3,(H,19,20)/t13-,14+,15+,16-/m1/s1. The van der Waals surface area contributed by atoms with Gasteiger partial charge in [-0.3, -0.25) is 4.79 Å². The number of carbonyl (C=O) groups is 1. The molecule has 2 aliphatic carbocycles. The molecule has 0 radical (unpaired) electrons.